The molecule has 160 valence electrons. The lowest BCUT2D eigenvalue weighted by atomic mass is 10.0. The van der Waals surface area contributed by atoms with Crippen molar-refractivity contribution < 1.29 is 27.4 Å². The second-order valence-electron chi connectivity index (χ2n) is 7.18. The number of pyridine rings is 1. The zero-order valence-corrected chi connectivity index (χ0v) is 15.9. The molecule has 11 heteroatoms. The van der Waals surface area contributed by atoms with Gasteiger partial charge >= 0.3 is 6.18 Å². The lowest BCUT2D eigenvalue weighted by Crippen LogP contribution is -2.42. The highest BCUT2D eigenvalue weighted by molar-refractivity contribution is 5.64. The summed E-state index contributed by atoms with van der Waals surface area (Å²) in [5, 5.41) is 17.3. The summed E-state index contributed by atoms with van der Waals surface area (Å²) < 4.78 is 59.8. The van der Waals surface area contributed by atoms with Crippen LogP contribution in [0.5, 0.6) is 0 Å². The van der Waals surface area contributed by atoms with Crippen molar-refractivity contribution in [1.29, 1.82) is 0 Å². The Morgan fingerprint density at radius 2 is 2.07 bits per heavy atom. The summed E-state index contributed by atoms with van der Waals surface area (Å²) in [6.45, 7) is 1.71. The Morgan fingerprint density at radius 3 is 2.73 bits per heavy atom. The first-order chi connectivity index (χ1) is 14.2. The monoisotopic (exact) mass is 425 g/mol. The first-order valence-corrected chi connectivity index (χ1v) is 9.33. The van der Waals surface area contributed by atoms with E-state index in [4.69, 9.17) is 4.74 Å². The van der Waals surface area contributed by atoms with E-state index in [1.807, 2.05) is 0 Å². The molecule has 1 aliphatic rings. The predicted molar refractivity (Wildman–Crippen MR) is 99.5 cm³/mol. The van der Waals surface area contributed by atoms with Crippen molar-refractivity contribution in [2.75, 3.05) is 18.5 Å². The second kappa shape index (κ2) is 7.80. The molecule has 1 saturated heterocycles. The minimum atomic E-state index is -4.39. The molecule has 4 rings (SSSR count). The number of ether oxygens (including phenoxy) is 1. The summed E-state index contributed by atoms with van der Waals surface area (Å²) in [6, 6.07) is 3.51. The molecule has 2 N–H and O–H groups in total. The van der Waals surface area contributed by atoms with Crippen molar-refractivity contribution in [2.24, 2.45) is 0 Å². The molecule has 3 atom stereocenters. The number of fused-ring (bicyclic) bond motifs is 1. The number of nitrogens with one attached hydrogen (secondary N) is 1. The Morgan fingerprint density at radius 1 is 1.27 bits per heavy atom. The second-order valence-corrected chi connectivity index (χ2v) is 7.18. The van der Waals surface area contributed by atoms with Crippen molar-refractivity contribution in [1.82, 2.24) is 19.6 Å². The highest BCUT2D eigenvalue weighted by Crippen LogP contribution is 2.34. The van der Waals surface area contributed by atoms with Crippen molar-refractivity contribution >= 4 is 11.5 Å². The van der Waals surface area contributed by atoms with E-state index in [1.54, 1.807) is 0 Å². The van der Waals surface area contributed by atoms with Crippen LogP contribution in [0.3, 0.4) is 0 Å². The number of hydrogen-bond donors (Lipinski definition) is 2. The Balaban J connectivity index is 1.66. The van der Waals surface area contributed by atoms with Gasteiger partial charge in [-0.25, -0.2) is 13.9 Å². The van der Waals surface area contributed by atoms with E-state index in [-0.39, 0.29) is 35.5 Å². The van der Waals surface area contributed by atoms with E-state index in [9.17, 15) is 22.7 Å². The highest BCUT2D eigenvalue weighted by Gasteiger charge is 2.37. The maximum atomic E-state index is 14.6. The van der Waals surface area contributed by atoms with E-state index in [2.05, 4.69) is 20.4 Å². The third kappa shape index (κ3) is 3.94. The van der Waals surface area contributed by atoms with Crippen LogP contribution in [-0.2, 0) is 4.74 Å². The van der Waals surface area contributed by atoms with Crippen LogP contribution in [0.2, 0.25) is 0 Å². The Kier molecular flexibility index (Phi) is 5.33. The van der Waals surface area contributed by atoms with Gasteiger partial charge in [-0.3, -0.25) is 4.98 Å². The molecular weight excluding hydrogens is 406 g/mol. The third-order valence-corrected chi connectivity index (χ3v) is 5.13. The van der Waals surface area contributed by atoms with Gasteiger partial charge in [0.05, 0.1) is 42.1 Å². The third-order valence-electron chi connectivity index (χ3n) is 5.13. The molecular formula is C19H19F4N5O2. The predicted octanol–water partition coefficient (Wildman–Crippen LogP) is 3.16. The standard InChI is InChI=1S/C19H19F4N5O2/c1-10(19(21,22)23)11-2-3-15(24-7-11)17-13(20)6-12-8-25-18(27-28(12)17)26-14-4-5-30-9-16(14)29/h2-3,6-8,10,14,16,29H,4-5,9H2,1H3,(H,26,27)/t10-,14+,16+/m0/s1. The maximum Gasteiger partial charge on any atom is 0.395 e. The number of aliphatic hydroxyl groups is 1. The molecule has 0 amide bonds. The minimum Gasteiger partial charge on any atom is -0.389 e. The molecule has 30 heavy (non-hydrogen) atoms. The zero-order chi connectivity index (χ0) is 21.5. The molecule has 3 aromatic heterocycles. The van der Waals surface area contributed by atoms with Gasteiger partial charge in [-0.15, -0.1) is 5.10 Å². The summed E-state index contributed by atoms with van der Waals surface area (Å²) >= 11 is 0. The van der Waals surface area contributed by atoms with Crippen molar-refractivity contribution in [3.63, 3.8) is 0 Å². The largest absolute Gasteiger partial charge is 0.395 e. The van der Waals surface area contributed by atoms with Gasteiger partial charge in [0.1, 0.15) is 5.69 Å². The van der Waals surface area contributed by atoms with Gasteiger partial charge in [-0.1, -0.05) is 6.07 Å². The molecule has 0 radical (unpaired) electrons. The molecule has 0 bridgehead atoms. The number of rotatable bonds is 4. The summed E-state index contributed by atoms with van der Waals surface area (Å²) in [7, 11) is 0. The quantitative estimate of drug-likeness (QED) is 0.625. The topological polar surface area (TPSA) is 84.6 Å². The molecule has 3 aromatic rings. The zero-order valence-electron chi connectivity index (χ0n) is 15.9. The average Bonchev–Trinajstić information content (AvgIpc) is 3.03. The molecule has 0 aliphatic carbocycles. The number of hydrogen-bond acceptors (Lipinski definition) is 6. The number of aromatic nitrogens is 4. The van der Waals surface area contributed by atoms with Crippen LogP contribution in [0.15, 0.2) is 30.6 Å². The maximum absolute atomic E-state index is 14.6. The van der Waals surface area contributed by atoms with Gasteiger partial charge < -0.3 is 15.2 Å². The molecule has 0 unspecified atom stereocenters. The lowest BCUT2D eigenvalue weighted by Gasteiger charge is -2.28. The number of halogens is 4. The first kappa shape index (κ1) is 20.5. The van der Waals surface area contributed by atoms with Crippen LogP contribution in [0.4, 0.5) is 23.5 Å². The Hall–Kier alpha value is -2.79. The van der Waals surface area contributed by atoms with Crippen LogP contribution in [-0.4, -0.2) is 56.2 Å². The van der Waals surface area contributed by atoms with Gasteiger partial charge in [0.25, 0.3) is 0 Å². The molecule has 0 aromatic carbocycles. The summed E-state index contributed by atoms with van der Waals surface area (Å²) in [6.07, 6.45) is -2.07. The number of aliphatic hydroxyl groups excluding tert-OH is 1. The van der Waals surface area contributed by atoms with Crippen molar-refractivity contribution in [3.05, 3.63) is 42.0 Å². The highest BCUT2D eigenvalue weighted by atomic mass is 19.4. The van der Waals surface area contributed by atoms with Gasteiger partial charge in [0, 0.05) is 18.9 Å². The van der Waals surface area contributed by atoms with Gasteiger partial charge in [-0.05, 0) is 25.0 Å². The summed E-state index contributed by atoms with van der Waals surface area (Å²) in [5.41, 5.74) is 0.490. The average molecular weight is 425 g/mol. The molecule has 4 heterocycles. The fourth-order valence-corrected chi connectivity index (χ4v) is 3.28. The molecule has 0 saturated carbocycles. The number of nitrogens with zero attached hydrogens (tertiary/aromatic N) is 4. The van der Waals surface area contributed by atoms with E-state index < -0.39 is 24.0 Å². The van der Waals surface area contributed by atoms with Crippen LogP contribution in [0.1, 0.15) is 24.8 Å². The van der Waals surface area contributed by atoms with Crippen LogP contribution in [0, 0.1) is 5.82 Å². The SMILES string of the molecule is C[C@@H](c1ccc(-c2c(F)cc3cnc(N[C@@H]4CCOC[C@H]4O)nn23)nc1)C(F)(F)F. The van der Waals surface area contributed by atoms with Crippen molar-refractivity contribution in [3.8, 4) is 11.4 Å². The Labute approximate surface area is 168 Å². The van der Waals surface area contributed by atoms with Crippen LogP contribution < -0.4 is 5.32 Å². The van der Waals surface area contributed by atoms with Gasteiger partial charge in [-0.2, -0.15) is 13.2 Å². The lowest BCUT2D eigenvalue weighted by molar-refractivity contribution is -0.146. The molecule has 0 spiro atoms. The number of alkyl halides is 3. The van der Waals surface area contributed by atoms with Crippen molar-refractivity contribution in [2.45, 2.75) is 37.6 Å². The first-order valence-electron chi connectivity index (χ1n) is 9.33. The van der Waals surface area contributed by atoms with Gasteiger partial charge in [0.15, 0.2) is 5.82 Å². The molecule has 7 nitrogen and oxygen atoms in total. The minimum absolute atomic E-state index is 0.00851. The Bertz CT molecular complexity index is 1040. The normalized spacial score (nSPS) is 21.0. The summed E-state index contributed by atoms with van der Waals surface area (Å²) in [5.74, 6) is -2.14. The fraction of sp³-hybridized carbons (Fsp3) is 0.421. The van der Waals surface area contributed by atoms with Crippen LogP contribution >= 0.6 is 0 Å². The smallest absolute Gasteiger partial charge is 0.389 e. The van der Waals surface area contributed by atoms with Gasteiger partial charge in [0.2, 0.25) is 5.95 Å². The van der Waals surface area contributed by atoms with E-state index in [0.717, 1.165) is 13.1 Å². The fourth-order valence-electron chi connectivity index (χ4n) is 3.28. The molecule has 1 fully saturated rings. The van der Waals surface area contributed by atoms with E-state index >= 15 is 0 Å². The molecule has 1 aliphatic heterocycles. The summed E-state index contributed by atoms with van der Waals surface area (Å²) in [4.78, 5) is 8.17. The van der Waals surface area contributed by atoms with Crippen LogP contribution in [0.25, 0.3) is 16.9 Å². The van der Waals surface area contributed by atoms with E-state index in [0.29, 0.717) is 18.5 Å². The van der Waals surface area contributed by atoms with E-state index in [1.165, 1.54) is 28.9 Å². The number of anilines is 1.